The van der Waals surface area contributed by atoms with Gasteiger partial charge in [-0.15, -0.1) is 0 Å². The molecule has 2 saturated heterocycles. The smallest absolute Gasteiger partial charge is 0.327 e. The van der Waals surface area contributed by atoms with Crippen molar-refractivity contribution in [3.8, 4) is 5.75 Å². The van der Waals surface area contributed by atoms with Crippen LogP contribution in [0.3, 0.4) is 0 Å². The van der Waals surface area contributed by atoms with E-state index in [1.807, 2.05) is 13.8 Å². The van der Waals surface area contributed by atoms with E-state index in [4.69, 9.17) is 11.5 Å². The van der Waals surface area contributed by atoms with Gasteiger partial charge in [-0.3, -0.25) is 57.5 Å². The lowest BCUT2D eigenvalue weighted by Gasteiger charge is -2.30. The van der Waals surface area contributed by atoms with Crippen molar-refractivity contribution in [3.63, 3.8) is 0 Å². The number of fused-ring (bicyclic) bond motifs is 6. The second-order valence-electron chi connectivity index (χ2n) is 27.7. The Kier molecular flexibility index (Phi) is 33.3. The van der Waals surface area contributed by atoms with Gasteiger partial charge in [-0.05, 0) is 90.7 Å². The van der Waals surface area contributed by atoms with Gasteiger partial charge in [0.05, 0.1) is 25.2 Å². The van der Waals surface area contributed by atoms with Crippen LogP contribution >= 0.6 is 21.6 Å². The molecule has 600 valence electrons. The Morgan fingerprint density at radius 2 is 1.02 bits per heavy atom. The summed E-state index contributed by atoms with van der Waals surface area (Å²) in [5, 5.41) is 77.1. The predicted octanol–water partition coefficient (Wildman–Crippen LogP) is -1.95. The van der Waals surface area contributed by atoms with Crippen LogP contribution in [-0.2, 0) is 101 Å². The van der Waals surface area contributed by atoms with Crippen molar-refractivity contribution in [3.05, 3.63) is 173 Å². The van der Waals surface area contributed by atoms with E-state index < -0.39 is 181 Å². The Morgan fingerprint density at radius 1 is 0.527 bits per heavy atom. The van der Waals surface area contributed by atoms with Crippen LogP contribution in [0.15, 0.2) is 140 Å². The highest BCUT2D eigenvalue weighted by molar-refractivity contribution is 8.76. The number of carboxylic acid groups (broad SMARTS) is 1. The van der Waals surface area contributed by atoms with Gasteiger partial charge in [-0.2, -0.15) is 0 Å². The molecular formula is C77H98N16O17S2. The van der Waals surface area contributed by atoms with E-state index in [1.165, 1.54) is 31.2 Å². The fourth-order valence-corrected chi connectivity index (χ4v) is 14.5. The summed E-state index contributed by atoms with van der Waals surface area (Å²) in [6.45, 7) is 3.60. The minimum atomic E-state index is -2.06. The Morgan fingerprint density at radius 3 is 1.62 bits per heavy atom. The molecule has 0 spiro atoms. The number of carboxylic acids is 1. The largest absolute Gasteiger partial charge is 0.508 e. The van der Waals surface area contributed by atoms with E-state index in [1.54, 1.807) is 115 Å². The third kappa shape index (κ3) is 26.6. The average molecular weight is 1580 g/mol. The number of unbranched alkanes of at least 4 members (excludes halogenated alkanes) is 1. The fraction of sp³-hybridized carbons (Fsp3) is 0.416. The van der Waals surface area contributed by atoms with Crippen molar-refractivity contribution in [2.45, 2.75) is 170 Å². The summed E-state index contributed by atoms with van der Waals surface area (Å²) in [6, 6.07) is 15.4. The lowest BCUT2D eigenvalue weighted by Crippen LogP contribution is -2.64. The minimum Gasteiger partial charge on any atom is -0.508 e. The normalized spacial score (nSPS) is 23.5. The molecule has 22 N–H and O–H groups in total. The number of benzene rings is 5. The van der Waals surface area contributed by atoms with Crippen LogP contribution in [0.25, 0.3) is 10.9 Å². The molecule has 35 heteroatoms. The molecule has 5 aromatic carbocycles. The van der Waals surface area contributed by atoms with Crippen molar-refractivity contribution in [2.24, 2.45) is 11.5 Å². The van der Waals surface area contributed by atoms with E-state index in [0.29, 0.717) is 51.7 Å². The van der Waals surface area contributed by atoms with Gasteiger partial charge in [-0.25, -0.2) is 4.79 Å². The van der Waals surface area contributed by atoms with Crippen LogP contribution in [0.2, 0.25) is 0 Å². The highest BCUT2D eigenvalue weighted by Crippen LogP contribution is 2.25. The summed E-state index contributed by atoms with van der Waals surface area (Å²) in [5.74, 6) is -15.7. The molecule has 13 atom stereocenters. The number of phenolic OH excluding ortho intramolecular Hbond substituents is 1. The first-order valence-corrected chi connectivity index (χ1v) is 39.2. The van der Waals surface area contributed by atoms with Crippen LogP contribution in [-0.4, -0.2) is 218 Å². The number of rotatable bonds is 22. The number of nitrogens with one attached hydrogen (secondary N) is 14. The zero-order valence-electron chi connectivity index (χ0n) is 62.0. The number of para-hydroxylation sites is 1. The van der Waals surface area contributed by atoms with Crippen molar-refractivity contribution in [1.29, 1.82) is 0 Å². The molecule has 2 aliphatic rings. The molecular weight excluding hydrogens is 1490 g/mol. The summed E-state index contributed by atoms with van der Waals surface area (Å²) in [5.41, 5.74) is 16.1. The first-order chi connectivity index (χ1) is 53.6. The number of aliphatic hydroxyl groups is 2. The van der Waals surface area contributed by atoms with Gasteiger partial charge in [0, 0.05) is 73.4 Å². The molecule has 0 saturated carbocycles. The van der Waals surface area contributed by atoms with Gasteiger partial charge in [-0.1, -0.05) is 151 Å². The fourth-order valence-electron chi connectivity index (χ4n) is 12.2. The zero-order chi connectivity index (χ0) is 81.0. The summed E-state index contributed by atoms with van der Waals surface area (Å²) in [6.07, 6.45) is -2.16. The molecule has 0 aliphatic carbocycles. The number of nitrogens with two attached hydrogens (primary N) is 2. The molecule has 8 rings (SSSR count). The van der Waals surface area contributed by atoms with Crippen molar-refractivity contribution < 1.29 is 82.8 Å². The Labute approximate surface area is 654 Å². The van der Waals surface area contributed by atoms with Gasteiger partial charge in [0.25, 0.3) is 0 Å². The number of carbonyl (C=O) groups excluding carboxylic acids is 12. The zero-order valence-corrected chi connectivity index (χ0v) is 63.7. The minimum absolute atomic E-state index is 0.0545. The quantitative estimate of drug-likeness (QED) is 0.0259. The Bertz CT molecular complexity index is 4240. The number of aromatic amines is 1. The van der Waals surface area contributed by atoms with Crippen molar-refractivity contribution >= 4 is 109 Å². The molecule has 6 aromatic rings. The molecule has 112 heavy (non-hydrogen) atoms. The second kappa shape index (κ2) is 43.0. The van der Waals surface area contributed by atoms with Crippen LogP contribution in [0.1, 0.15) is 79.8 Å². The van der Waals surface area contributed by atoms with Crippen LogP contribution in [0.4, 0.5) is 0 Å². The second-order valence-corrected chi connectivity index (χ2v) is 30.2. The highest BCUT2D eigenvalue weighted by Gasteiger charge is 2.40. The molecule has 2 aliphatic heterocycles. The van der Waals surface area contributed by atoms with Gasteiger partial charge in [0.2, 0.25) is 70.9 Å². The maximum absolute atomic E-state index is 15.6. The molecule has 0 radical (unpaired) electrons. The molecule has 12 amide bonds. The van der Waals surface area contributed by atoms with Crippen molar-refractivity contribution in [1.82, 2.24) is 74.1 Å². The molecule has 33 nitrogen and oxygen atoms in total. The number of hydrogen-bond donors (Lipinski definition) is 20. The summed E-state index contributed by atoms with van der Waals surface area (Å²) in [4.78, 5) is 195. The highest BCUT2D eigenvalue weighted by atomic mass is 33.1. The number of H-pyrrole nitrogens is 1. The van der Waals surface area contributed by atoms with Gasteiger partial charge in [0.1, 0.15) is 72.2 Å². The van der Waals surface area contributed by atoms with E-state index in [0.717, 1.165) is 27.2 Å². The molecule has 1 aromatic heterocycles. The average Bonchev–Trinajstić information content (AvgIpc) is 1.66. The van der Waals surface area contributed by atoms with Crippen LogP contribution in [0, 0.1) is 0 Å². The lowest BCUT2D eigenvalue weighted by molar-refractivity contribution is -0.142. The third-order valence-electron chi connectivity index (χ3n) is 18.5. The van der Waals surface area contributed by atoms with E-state index in [2.05, 4.69) is 74.1 Å². The number of phenols is 1. The SMILES string of the molecule is CC(C)NCc1ccc(C[C@@H]2NC(=O)[C@@H](Cc3c[nH]c4ccccc34)NC(=O)[C@@H]3CC(=O)NC[C@H](NC(=O)[C@H](Cc4ccccc4)NC(=O)[C@H]([C@@H](C)O)NC2=O)C(=O)N[C@@H](CO)C(=O)N[C@H](C(=O)O)CSSC[C@H](NC(=O)[C@@H](N)Cc2ccc(O)cc2)C(=O)N[C@@H](CCCCN)C(=O)N[C@@H](Cc2ccccc2)C(=O)N3)cc1. The number of amides is 12. The Hall–Kier alpha value is -11.0. The molecule has 0 unspecified atom stereocenters. The van der Waals surface area contributed by atoms with Gasteiger partial charge in [0.15, 0.2) is 0 Å². The van der Waals surface area contributed by atoms with E-state index in [9.17, 15) is 54.0 Å². The van der Waals surface area contributed by atoms with Gasteiger partial charge < -0.3 is 106 Å². The first kappa shape index (κ1) is 86.6. The number of aromatic nitrogens is 1. The maximum Gasteiger partial charge on any atom is 0.327 e. The van der Waals surface area contributed by atoms with E-state index in [-0.39, 0.29) is 69.0 Å². The summed E-state index contributed by atoms with van der Waals surface area (Å²) >= 11 is 0. The van der Waals surface area contributed by atoms with Gasteiger partial charge >= 0.3 is 5.97 Å². The Balaban J connectivity index is 1.26. The lowest BCUT2D eigenvalue weighted by atomic mass is 10.00. The number of aromatic hydroxyl groups is 1. The molecule has 2 fully saturated rings. The van der Waals surface area contributed by atoms with Crippen LogP contribution in [0.5, 0.6) is 5.75 Å². The molecule has 2 bridgehead atoms. The number of carbonyl (C=O) groups is 13. The number of aliphatic hydroxyl groups excluding tert-OH is 2. The predicted molar refractivity (Wildman–Crippen MR) is 417 cm³/mol. The van der Waals surface area contributed by atoms with Crippen molar-refractivity contribution in [2.75, 3.05) is 31.2 Å². The van der Waals surface area contributed by atoms with E-state index >= 15 is 28.8 Å². The summed E-state index contributed by atoms with van der Waals surface area (Å²) < 4.78 is 0. The first-order valence-electron chi connectivity index (χ1n) is 36.7. The maximum atomic E-state index is 15.6. The molecule has 3 heterocycles. The number of hydrogen-bond acceptors (Lipinski definition) is 21. The standard InChI is InChI=1S/C77H98N16O17S2/c1-42(2)80-36-48-23-21-47(22-24-48)33-57-72(104)93-65(43(3)95)76(108)88-56(32-45-16-8-5-9-17-45)69(101)89-60-38-82-64(97)35-59(71(103)86-58(70(102)85-57)34-49-37-81-53-19-11-10-18-51(49)53)87-68(100)55(31-44-14-6-4-7-15-44)84-67(99)54(20-12-13-29-78)83-75(107)62(91-66(98)52(79)30-46-25-27-50(96)28-26-46)40-111-112-41-63(77(109)110)92-74(106)61(39-94)90-73(60)105/h4-11,14-19,21-28,37,42-43,52,54-63,65,80-81,94-96H,12-13,20,29-36,38-41,78-79H2,1-3H3,(H,82,97)(H,83,107)(H,84,99)(H,85,102)(H,86,103)(H,87,100)(H,88,108)(H,89,101)(H,90,105)(H,91,98)(H,92,106)(H,93,104)(H,109,110)/t43-,52+,54+,55+,56+,57+,58-,59+,60+,61+,62+,63+,65+/m1/s1. The summed E-state index contributed by atoms with van der Waals surface area (Å²) in [7, 11) is 1.65. The number of aliphatic carboxylic acids is 1. The van der Waals surface area contributed by atoms with Crippen LogP contribution < -0.4 is 80.6 Å². The third-order valence-corrected chi connectivity index (χ3v) is 20.9. The monoisotopic (exact) mass is 1580 g/mol. The topological polar surface area (TPSA) is 527 Å².